The van der Waals surface area contributed by atoms with Crippen molar-refractivity contribution in [3.8, 4) is 11.1 Å². The Labute approximate surface area is 216 Å². The van der Waals surface area contributed by atoms with Gasteiger partial charge in [0, 0.05) is 16.6 Å². The molecule has 0 atom stereocenters. The number of aromatic amines is 1. The van der Waals surface area contributed by atoms with Gasteiger partial charge in [-0.2, -0.15) is 0 Å². The molecule has 0 spiro atoms. The maximum Gasteiger partial charge on any atom is 0.338 e. The highest BCUT2D eigenvalue weighted by molar-refractivity contribution is 7.99. The lowest BCUT2D eigenvalue weighted by Gasteiger charge is -2.16. The first-order chi connectivity index (χ1) is 17.5. The molecular weight excluding hydrogens is 494 g/mol. The normalized spacial score (nSPS) is 12.8. The summed E-state index contributed by atoms with van der Waals surface area (Å²) in [7, 11) is 0. The van der Waals surface area contributed by atoms with Gasteiger partial charge in [-0.25, -0.2) is 9.78 Å². The van der Waals surface area contributed by atoms with Gasteiger partial charge in [0.2, 0.25) is 5.91 Å². The Kier molecular flexibility index (Phi) is 7.20. The molecule has 184 valence electrons. The van der Waals surface area contributed by atoms with Crippen molar-refractivity contribution in [2.75, 3.05) is 17.7 Å². The van der Waals surface area contributed by atoms with Gasteiger partial charge in [0.1, 0.15) is 4.83 Å². The summed E-state index contributed by atoms with van der Waals surface area (Å²) in [6, 6.07) is 13.1. The van der Waals surface area contributed by atoms with E-state index >= 15 is 0 Å². The Morgan fingerprint density at radius 1 is 1.14 bits per heavy atom. The maximum absolute atomic E-state index is 13.0. The van der Waals surface area contributed by atoms with Gasteiger partial charge in [-0.1, -0.05) is 36.0 Å². The summed E-state index contributed by atoms with van der Waals surface area (Å²) in [6.07, 6.45) is 4.63. The van der Waals surface area contributed by atoms with Gasteiger partial charge in [0.15, 0.2) is 5.16 Å². The standard InChI is InChI=1S/C27H25N3O4S2/c1-2-34-26(33)19-8-5-9-20(13-19)28-22(31)15-36-27-29-24(32)23-21(14-35-25(23)30-27)18-11-10-16-6-3-4-7-17(16)12-18/h5,8-14H,2-4,6-7,15H2,1H3,(H,28,31)(H,29,30,32). The fraction of sp³-hybridized carbons (Fsp3) is 0.259. The van der Waals surface area contributed by atoms with Crippen LogP contribution >= 0.6 is 23.1 Å². The number of anilines is 1. The Morgan fingerprint density at radius 2 is 1.97 bits per heavy atom. The number of amides is 1. The van der Waals surface area contributed by atoms with E-state index in [9.17, 15) is 14.4 Å². The first kappa shape index (κ1) is 24.3. The molecular formula is C27H25N3O4S2. The van der Waals surface area contributed by atoms with Crippen LogP contribution in [0.1, 0.15) is 41.3 Å². The average molecular weight is 520 g/mol. The zero-order valence-electron chi connectivity index (χ0n) is 19.8. The van der Waals surface area contributed by atoms with Crippen LogP contribution in [0.2, 0.25) is 0 Å². The molecule has 0 saturated heterocycles. The van der Waals surface area contributed by atoms with Crippen LogP contribution in [-0.2, 0) is 22.4 Å². The first-order valence-electron chi connectivity index (χ1n) is 11.9. The third-order valence-corrected chi connectivity index (χ3v) is 7.82. The van der Waals surface area contributed by atoms with E-state index < -0.39 is 5.97 Å². The van der Waals surface area contributed by atoms with Gasteiger partial charge in [-0.15, -0.1) is 11.3 Å². The second kappa shape index (κ2) is 10.7. The fourth-order valence-corrected chi connectivity index (χ4v) is 6.05. The Morgan fingerprint density at radius 3 is 2.81 bits per heavy atom. The summed E-state index contributed by atoms with van der Waals surface area (Å²) in [5.41, 5.74) is 5.36. The lowest BCUT2D eigenvalue weighted by Crippen LogP contribution is -2.16. The quantitative estimate of drug-likeness (QED) is 0.192. The van der Waals surface area contributed by atoms with E-state index in [1.807, 2.05) is 5.38 Å². The Balaban J connectivity index is 1.29. The predicted octanol–water partition coefficient (Wildman–Crippen LogP) is 5.44. The molecule has 0 bridgehead atoms. The number of benzene rings is 2. The van der Waals surface area contributed by atoms with Crippen molar-refractivity contribution in [1.29, 1.82) is 0 Å². The Bertz CT molecular complexity index is 1510. The number of nitrogens with one attached hydrogen (secondary N) is 2. The van der Waals surface area contributed by atoms with Crippen LogP contribution < -0.4 is 10.9 Å². The van der Waals surface area contributed by atoms with E-state index in [-0.39, 0.29) is 23.8 Å². The number of rotatable bonds is 7. The zero-order chi connectivity index (χ0) is 25.1. The number of esters is 1. The van der Waals surface area contributed by atoms with Gasteiger partial charge < -0.3 is 15.0 Å². The highest BCUT2D eigenvalue weighted by Crippen LogP contribution is 2.34. The number of nitrogens with zero attached hydrogens (tertiary/aromatic N) is 1. The van der Waals surface area contributed by atoms with Crippen LogP contribution in [0.5, 0.6) is 0 Å². The molecule has 1 aliphatic carbocycles. The molecule has 2 heterocycles. The second-order valence-corrected chi connectivity index (χ2v) is 10.4. The minimum Gasteiger partial charge on any atom is -0.462 e. The van der Waals surface area contributed by atoms with Gasteiger partial charge in [0.25, 0.3) is 5.56 Å². The van der Waals surface area contributed by atoms with Crippen molar-refractivity contribution in [3.63, 3.8) is 0 Å². The predicted molar refractivity (Wildman–Crippen MR) is 144 cm³/mol. The molecule has 0 saturated carbocycles. The number of carbonyl (C=O) groups is 2. The molecule has 1 amide bonds. The second-order valence-electron chi connectivity index (χ2n) is 8.53. The summed E-state index contributed by atoms with van der Waals surface area (Å²) in [6.45, 7) is 2.02. The van der Waals surface area contributed by atoms with E-state index in [2.05, 4.69) is 33.5 Å². The SMILES string of the molecule is CCOC(=O)c1cccc(NC(=O)CSc2nc3scc(-c4ccc5c(c4)CCCC5)c3c(=O)[nH]2)c1. The first-order valence-corrected chi connectivity index (χ1v) is 13.7. The zero-order valence-corrected chi connectivity index (χ0v) is 21.4. The molecule has 2 aromatic carbocycles. The number of aryl methyl sites for hydroxylation is 2. The molecule has 0 unspecified atom stereocenters. The number of fused-ring (bicyclic) bond motifs is 2. The van der Waals surface area contributed by atoms with Crippen molar-refractivity contribution in [2.24, 2.45) is 0 Å². The summed E-state index contributed by atoms with van der Waals surface area (Å²) in [5, 5.41) is 5.72. The third-order valence-electron chi connectivity index (χ3n) is 6.08. The average Bonchev–Trinajstić information content (AvgIpc) is 3.32. The van der Waals surface area contributed by atoms with Crippen LogP contribution in [0.15, 0.2) is 57.8 Å². The summed E-state index contributed by atoms with van der Waals surface area (Å²) < 4.78 is 5.00. The van der Waals surface area contributed by atoms with E-state index in [0.717, 1.165) is 35.7 Å². The number of carbonyl (C=O) groups excluding carboxylic acids is 2. The molecule has 36 heavy (non-hydrogen) atoms. The van der Waals surface area contributed by atoms with E-state index in [0.29, 0.717) is 26.6 Å². The van der Waals surface area contributed by atoms with E-state index in [4.69, 9.17) is 4.74 Å². The van der Waals surface area contributed by atoms with Gasteiger partial charge in [0.05, 0.1) is 23.3 Å². The van der Waals surface area contributed by atoms with E-state index in [1.54, 1.807) is 31.2 Å². The van der Waals surface area contributed by atoms with Gasteiger partial charge >= 0.3 is 5.97 Å². The van der Waals surface area contributed by atoms with Crippen molar-refractivity contribution < 1.29 is 14.3 Å². The van der Waals surface area contributed by atoms with Crippen LogP contribution in [0.3, 0.4) is 0 Å². The number of aromatic nitrogens is 2. The molecule has 4 aromatic rings. The van der Waals surface area contributed by atoms with Gasteiger partial charge in [-0.05, 0) is 67.5 Å². The number of thioether (sulfide) groups is 1. The monoisotopic (exact) mass is 519 g/mol. The third kappa shape index (κ3) is 5.22. The molecule has 0 fully saturated rings. The van der Waals surface area contributed by atoms with Crippen LogP contribution in [0.4, 0.5) is 5.69 Å². The molecule has 2 aromatic heterocycles. The van der Waals surface area contributed by atoms with Gasteiger partial charge in [-0.3, -0.25) is 9.59 Å². The number of H-pyrrole nitrogens is 1. The molecule has 2 N–H and O–H groups in total. The molecule has 1 aliphatic rings. The Hall–Kier alpha value is -3.43. The largest absolute Gasteiger partial charge is 0.462 e. The number of ether oxygens (including phenoxy) is 1. The number of thiophene rings is 1. The smallest absolute Gasteiger partial charge is 0.338 e. The fourth-order valence-electron chi connectivity index (χ4n) is 4.38. The van der Waals surface area contributed by atoms with Crippen LogP contribution in [-0.4, -0.2) is 34.2 Å². The molecule has 5 rings (SSSR count). The molecule has 7 nitrogen and oxygen atoms in total. The van der Waals surface area contributed by atoms with Crippen molar-refractivity contribution in [3.05, 3.63) is 74.9 Å². The van der Waals surface area contributed by atoms with E-state index in [1.165, 1.54) is 35.3 Å². The summed E-state index contributed by atoms with van der Waals surface area (Å²) in [5.74, 6) is -0.658. The summed E-state index contributed by atoms with van der Waals surface area (Å²) >= 11 is 2.59. The van der Waals surface area contributed by atoms with Crippen LogP contribution in [0.25, 0.3) is 21.3 Å². The van der Waals surface area contributed by atoms with Crippen molar-refractivity contribution in [2.45, 2.75) is 37.8 Å². The summed E-state index contributed by atoms with van der Waals surface area (Å²) in [4.78, 5) is 45.4. The van der Waals surface area contributed by atoms with Crippen molar-refractivity contribution in [1.82, 2.24) is 9.97 Å². The minimum atomic E-state index is -0.441. The highest BCUT2D eigenvalue weighted by atomic mass is 32.2. The number of hydrogen-bond donors (Lipinski definition) is 2. The highest BCUT2D eigenvalue weighted by Gasteiger charge is 2.17. The molecule has 0 aliphatic heterocycles. The lowest BCUT2D eigenvalue weighted by molar-refractivity contribution is -0.113. The van der Waals surface area contributed by atoms with Crippen LogP contribution in [0, 0.1) is 0 Å². The lowest BCUT2D eigenvalue weighted by atomic mass is 9.89. The molecule has 9 heteroatoms. The minimum absolute atomic E-state index is 0.0567. The number of hydrogen-bond acceptors (Lipinski definition) is 7. The maximum atomic E-state index is 13.0. The topological polar surface area (TPSA) is 101 Å². The van der Waals surface area contributed by atoms with Crippen molar-refractivity contribution >= 4 is 50.9 Å². The molecule has 0 radical (unpaired) electrons.